The standard InChI is InChI=1S/C13H18FN3/c1-10(17-7-5-12(14)9-17)2-3-11-4-6-16-13(15)8-11/h4,6,8,12H,1-3,5,7,9H2,(H2,15,16). The highest BCUT2D eigenvalue weighted by molar-refractivity contribution is 5.32. The lowest BCUT2D eigenvalue weighted by Gasteiger charge is -2.20. The average molecular weight is 235 g/mol. The molecule has 1 aliphatic heterocycles. The number of halogens is 1. The molecule has 92 valence electrons. The summed E-state index contributed by atoms with van der Waals surface area (Å²) >= 11 is 0. The first-order chi connectivity index (χ1) is 8.15. The van der Waals surface area contributed by atoms with Crippen LogP contribution in [-0.4, -0.2) is 29.1 Å². The van der Waals surface area contributed by atoms with Gasteiger partial charge in [0.15, 0.2) is 0 Å². The Labute approximate surface area is 101 Å². The van der Waals surface area contributed by atoms with Crippen molar-refractivity contribution in [3.63, 3.8) is 0 Å². The van der Waals surface area contributed by atoms with Crippen LogP contribution in [0.2, 0.25) is 0 Å². The smallest absolute Gasteiger partial charge is 0.123 e. The van der Waals surface area contributed by atoms with Crippen LogP contribution >= 0.6 is 0 Å². The van der Waals surface area contributed by atoms with Crippen LogP contribution in [0.4, 0.5) is 10.2 Å². The van der Waals surface area contributed by atoms with E-state index in [4.69, 9.17) is 5.73 Å². The Morgan fingerprint density at radius 2 is 2.47 bits per heavy atom. The van der Waals surface area contributed by atoms with Crippen LogP contribution in [0.25, 0.3) is 0 Å². The van der Waals surface area contributed by atoms with Gasteiger partial charge in [0.25, 0.3) is 0 Å². The van der Waals surface area contributed by atoms with Crippen LogP contribution in [0.5, 0.6) is 0 Å². The number of aromatic nitrogens is 1. The van der Waals surface area contributed by atoms with E-state index < -0.39 is 6.17 Å². The van der Waals surface area contributed by atoms with Crippen LogP contribution < -0.4 is 5.73 Å². The number of hydrogen-bond donors (Lipinski definition) is 1. The summed E-state index contributed by atoms with van der Waals surface area (Å²) in [5, 5.41) is 0. The molecule has 3 nitrogen and oxygen atoms in total. The molecule has 0 radical (unpaired) electrons. The Bertz CT molecular complexity index is 405. The van der Waals surface area contributed by atoms with E-state index in [0.29, 0.717) is 18.8 Å². The molecule has 0 aliphatic carbocycles. The molecule has 0 aromatic carbocycles. The van der Waals surface area contributed by atoms with Gasteiger partial charge in [-0.3, -0.25) is 0 Å². The molecule has 0 bridgehead atoms. The Balaban J connectivity index is 1.84. The maximum Gasteiger partial charge on any atom is 0.123 e. The number of nitrogens with zero attached hydrogens (tertiary/aromatic N) is 2. The van der Waals surface area contributed by atoms with Crippen LogP contribution in [0.3, 0.4) is 0 Å². The lowest BCUT2D eigenvalue weighted by Crippen LogP contribution is -2.20. The van der Waals surface area contributed by atoms with Crippen molar-refractivity contribution in [3.05, 3.63) is 36.2 Å². The third kappa shape index (κ3) is 3.19. The van der Waals surface area contributed by atoms with E-state index >= 15 is 0 Å². The number of nitrogens with two attached hydrogens (primary N) is 1. The number of nitrogen functional groups attached to an aromatic ring is 1. The molecule has 1 atom stereocenters. The number of allylic oxidation sites excluding steroid dienone is 1. The van der Waals surface area contributed by atoms with Gasteiger partial charge in [-0.15, -0.1) is 0 Å². The van der Waals surface area contributed by atoms with Crippen molar-refractivity contribution in [3.8, 4) is 0 Å². The van der Waals surface area contributed by atoms with Crippen molar-refractivity contribution in [1.82, 2.24) is 9.88 Å². The number of anilines is 1. The molecule has 1 aromatic rings. The molecule has 2 N–H and O–H groups in total. The Kier molecular flexibility index (Phi) is 3.61. The SMILES string of the molecule is C=C(CCc1ccnc(N)c1)N1CCC(F)C1. The summed E-state index contributed by atoms with van der Waals surface area (Å²) in [6.45, 7) is 5.31. The molecule has 1 fully saturated rings. The van der Waals surface area contributed by atoms with Crippen molar-refractivity contribution < 1.29 is 4.39 Å². The molecular weight excluding hydrogens is 217 g/mol. The molecule has 1 aromatic heterocycles. The summed E-state index contributed by atoms with van der Waals surface area (Å²) in [6.07, 6.45) is 3.36. The first-order valence-electron chi connectivity index (χ1n) is 5.92. The number of alkyl halides is 1. The van der Waals surface area contributed by atoms with Crippen molar-refractivity contribution >= 4 is 5.82 Å². The van der Waals surface area contributed by atoms with Crippen molar-refractivity contribution in [2.24, 2.45) is 0 Å². The van der Waals surface area contributed by atoms with Gasteiger partial charge in [-0.2, -0.15) is 0 Å². The van der Waals surface area contributed by atoms with Crippen LogP contribution in [0.1, 0.15) is 18.4 Å². The first-order valence-corrected chi connectivity index (χ1v) is 5.92. The molecule has 0 saturated carbocycles. The van der Waals surface area contributed by atoms with Crippen molar-refractivity contribution in [2.45, 2.75) is 25.4 Å². The molecule has 1 unspecified atom stereocenters. The lowest BCUT2D eigenvalue weighted by atomic mass is 10.1. The molecule has 4 heteroatoms. The third-order valence-corrected chi connectivity index (χ3v) is 3.13. The van der Waals surface area contributed by atoms with E-state index in [1.165, 1.54) is 0 Å². The fourth-order valence-electron chi connectivity index (χ4n) is 2.10. The van der Waals surface area contributed by atoms with Gasteiger partial charge < -0.3 is 10.6 Å². The second-order valence-corrected chi connectivity index (χ2v) is 4.49. The van der Waals surface area contributed by atoms with Crippen molar-refractivity contribution in [2.75, 3.05) is 18.8 Å². The zero-order valence-corrected chi connectivity index (χ0v) is 9.90. The number of likely N-dealkylation sites (tertiary alicyclic amines) is 1. The topological polar surface area (TPSA) is 42.1 Å². The van der Waals surface area contributed by atoms with Crippen LogP contribution in [0, 0.1) is 0 Å². The molecule has 17 heavy (non-hydrogen) atoms. The van der Waals surface area contributed by atoms with Crippen LogP contribution in [0.15, 0.2) is 30.6 Å². The van der Waals surface area contributed by atoms with Gasteiger partial charge in [-0.05, 0) is 37.0 Å². The van der Waals surface area contributed by atoms with Gasteiger partial charge in [-0.1, -0.05) is 6.58 Å². The van der Waals surface area contributed by atoms with Gasteiger partial charge in [0, 0.05) is 25.0 Å². The summed E-state index contributed by atoms with van der Waals surface area (Å²) < 4.78 is 13.0. The van der Waals surface area contributed by atoms with E-state index in [9.17, 15) is 4.39 Å². The quantitative estimate of drug-likeness (QED) is 0.869. The normalized spacial score (nSPS) is 19.6. The second kappa shape index (κ2) is 5.17. The Hall–Kier alpha value is -1.58. The maximum atomic E-state index is 13.0. The van der Waals surface area contributed by atoms with Gasteiger partial charge >= 0.3 is 0 Å². The average Bonchev–Trinajstić information content (AvgIpc) is 2.73. The number of pyridine rings is 1. The lowest BCUT2D eigenvalue weighted by molar-refractivity contribution is 0.320. The zero-order valence-electron chi connectivity index (χ0n) is 9.90. The van der Waals surface area contributed by atoms with Crippen LogP contribution in [-0.2, 0) is 6.42 Å². The van der Waals surface area contributed by atoms with Gasteiger partial charge in [0.2, 0.25) is 0 Å². The molecule has 0 spiro atoms. The molecule has 0 amide bonds. The number of rotatable bonds is 4. The minimum absolute atomic E-state index is 0.497. The van der Waals surface area contributed by atoms with Gasteiger partial charge in [0.1, 0.15) is 12.0 Å². The fourth-order valence-corrected chi connectivity index (χ4v) is 2.10. The number of aryl methyl sites for hydroxylation is 1. The minimum Gasteiger partial charge on any atom is -0.384 e. The van der Waals surface area contributed by atoms with E-state index in [1.807, 2.05) is 17.0 Å². The summed E-state index contributed by atoms with van der Waals surface area (Å²) in [4.78, 5) is 5.99. The highest BCUT2D eigenvalue weighted by atomic mass is 19.1. The Morgan fingerprint density at radius 3 is 3.12 bits per heavy atom. The maximum absolute atomic E-state index is 13.0. The van der Waals surface area contributed by atoms with E-state index in [-0.39, 0.29) is 0 Å². The minimum atomic E-state index is -0.691. The number of hydrogen-bond acceptors (Lipinski definition) is 3. The summed E-state index contributed by atoms with van der Waals surface area (Å²) in [5.74, 6) is 0.540. The highest BCUT2D eigenvalue weighted by Gasteiger charge is 2.22. The molecule has 1 saturated heterocycles. The molecule has 2 heterocycles. The fraction of sp³-hybridized carbons (Fsp3) is 0.462. The largest absolute Gasteiger partial charge is 0.384 e. The van der Waals surface area contributed by atoms with Crippen molar-refractivity contribution in [1.29, 1.82) is 0 Å². The summed E-state index contributed by atoms with van der Waals surface area (Å²) in [5.41, 5.74) is 7.77. The zero-order chi connectivity index (χ0) is 12.3. The van der Waals surface area contributed by atoms with E-state index in [2.05, 4.69) is 11.6 Å². The summed E-state index contributed by atoms with van der Waals surface area (Å²) in [6, 6.07) is 3.82. The molecule has 1 aliphatic rings. The van der Waals surface area contributed by atoms with E-state index in [0.717, 1.165) is 30.6 Å². The third-order valence-electron chi connectivity index (χ3n) is 3.13. The van der Waals surface area contributed by atoms with E-state index in [1.54, 1.807) is 6.20 Å². The van der Waals surface area contributed by atoms with Gasteiger partial charge in [-0.25, -0.2) is 9.37 Å². The predicted octanol–water partition coefficient (Wildman–Crippen LogP) is 2.15. The second-order valence-electron chi connectivity index (χ2n) is 4.49. The molecule has 2 rings (SSSR count). The summed E-state index contributed by atoms with van der Waals surface area (Å²) in [7, 11) is 0. The monoisotopic (exact) mass is 235 g/mol. The Morgan fingerprint density at radius 1 is 1.65 bits per heavy atom. The van der Waals surface area contributed by atoms with Gasteiger partial charge in [0.05, 0.1) is 0 Å². The predicted molar refractivity (Wildman–Crippen MR) is 67.2 cm³/mol. The molecular formula is C13H18FN3. The highest BCUT2D eigenvalue weighted by Crippen LogP contribution is 2.20. The first kappa shape index (κ1) is 11.9.